The molecule has 0 radical (unpaired) electrons. The van der Waals surface area contributed by atoms with Crippen LogP contribution in [-0.4, -0.2) is 12.6 Å². The lowest BCUT2D eigenvalue weighted by Gasteiger charge is -2.19. The molecule has 0 heterocycles. The Balaban J connectivity index is 3.89. The number of unbranched alkanes of at least 4 members (excludes halogenated alkanes) is 1. The standard InChI is InChI=1S/C12H24O2/c1-5-7-8-11(10(3)4)9-12(13)14-6-2/h10-11H,5-9H2,1-4H3. The molecule has 0 saturated heterocycles. The van der Waals surface area contributed by atoms with E-state index in [1.54, 1.807) is 0 Å². The molecule has 0 bridgehead atoms. The Morgan fingerprint density at radius 3 is 2.36 bits per heavy atom. The third-order valence-corrected chi connectivity index (χ3v) is 2.61. The van der Waals surface area contributed by atoms with Gasteiger partial charge in [0.2, 0.25) is 0 Å². The Morgan fingerprint density at radius 1 is 1.29 bits per heavy atom. The van der Waals surface area contributed by atoms with Crippen LogP contribution < -0.4 is 0 Å². The lowest BCUT2D eigenvalue weighted by Crippen LogP contribution is -2.16. The van der Waals surface area contributed by atoms with Gasteiger partial charge in [0.1, 0.15) is 0 Å². The van der Waals surface area contributed by atoms with Crippen molar-refractivity contribution >= 4 is 5.97 Å². The minimum Gasteiger partial charge on any atom is -0.466 e. The van der Waals surface area contributed by atoms with Gasteiger partial charge in [0.15, 0.2) is 0 Å². The molecule has 2 nitrogen and oxygen atoms in total. The van der Waals surface area contributed by atoms with Crippen LogP contribution in [0.2, 0.25) is 0 Å². The van der Waals surface area contributed by atoms with Gasteiger partial charge >= 0.3 is 5.97 Å². The predicted molar refractivity (Wildman–Crippen MR) is 59.1 cm³/mol. The fourth-order valence-corrected chi connectivity index (χ4v) is 1.57. The maximum atomic E-state index is 11.3. The molecular weight excluding hydrogens is 176 g/mol. The van der Waals surface area contributed by atoms with Gasteiger partial charge in [-0.3, -0.25) is 4.79 Å². The van der Waals surface area contributed by atoms with Crippen molar-refractivity contribution in [3.63, 3.8) is 0 Å². The maximum Gasteiger partial charge on any atom is 0.306 e. The average molecular weight is 200 g/mol. The molecule has 0 aromatic carbocycles. The molecule has 0 amide bonds. The van der Waals surface area contributed by atoms with Crippen LogP contribution in [0, 0.1) is 11.8 Å². The summed E-state index contributed by atoms with van der Waals surface area (Å²) in [4.78, 5) is 11.3. The molecule has 0 aromatic rings. The van der Waals surface area contributed by atoms with Gasteiger partial charge in [0.05, 0.1) is 6.61 Å². The summed E-state index contributed by atoms with van der Waals surface area (Å²) in [5, 5.41) is 0. The SMILES string of the molecule is CCCCC(CC(=O)OCC)C(C)C. The van der Waals surface area contributed by atoms with Crippen molar-refractivity contribution < 1.29 is 9.53 Å². The monoisotopic (exact) mass is 200 g/mol. The lowest BCUT2D eigenvalue weighted by molar-refractivity contribution is -0.144. The number of ether oxygens (including phenoxy) is 1. The van der Waals surface area contributed by atoms with Gasteiger partial charge in [0.25, 0.3) is 0 Å². The summed E-state index contributed by atoms with van der Waals surface area (Å²) in [6.07, 6.45) is 4.15. The molecule has 0 rings (SSSR count). The van der Waals surface area contributed by atoms with Crippen molar-refractivity contribution in [1.82, 2.24) is 0 Å². The first-order valence-electron chi connectivity index (χ1n) is 5.77. The molecule has 0 fully saturated rings. The summed E-state index contributed by atoms with van der Waals surface area (Å²) in [7, 11) is 0. The second-order valence-electron chi connectivity index (χ2n) is 4.16. The molecule has 0 N–H and O–H groups in total. The van der Waals surface area contributed by atoms with Crippen LogP contribution in [0.4, 0.5) is 0 Å². The van der Waals surface area contributed by atoms with E-state index in [1.807, 2.05) is 6.92 Å². The molecule has 0 aliphatic heterocycles. The Kier molecular flexibility index (Phi) is 7.54. The van der Waals surface area contributed by atoms with E-state index in [2.05, 4.69) is 20.8 Å². The highest BCUT2D eigenvalue weighted by Crippen LogP contribution is 2.22. The third kappa shape index (κ3) is 6.01. The number of hydrogen-bond donors (Lipinski definition) is 0. The van der Waals surface area contributed by atoms with E-state index in [1.165, 1.54) is 12.8 Å². The van der Waals surface area contributed by atoms with Gasteiger partial charge < -0.3 is 4.74 Å². The first-order valence-corrected chi connectivity index (χ1v) is 5.77. The molecule has 0 saturated carbocycles. The highest BCUT2D eigenvalue weighted by atomic mass is 16.5. The number of carbonyl (C=O) groups is 1. The van der Waals surface area contributed by atoms with Crippen LogP contribution >= 0.6 is 0 Å². The smallest absolute Gasteiger partial charge is 0.306 e. The molecular formula is C12H24O2. The normalized spacial score (nSPS) is 12.9. The van der Waals surface area contributed by atoms with E-state index < -0.39 is 0 Å². The van der Waals surface area contributed by atoms with Crippen molar-refractivity contribution in [3.8, 4) is 0 Å². The van der Waals surface area contributed by atoms with Gasteiger partial charge in [-0.2, -0.15) is 0 Å². The van der Waals surface area contributed by atoms with E-state index in [4.69, 9.17) is 4.74 Å². The van der Waals surface area contributed by atoms with Gasteiger partial charge in [-0.25, -0.2) is 0 Å². The van der Waals surface area contributed by atoms with E-state index >= 15 is 0 Å². The molecule has 0 aromatic heterocycles. The molecule has 1 unspecified atom stereocenters. The van der Waals surface area contributed by atoms with E-state index in [0.29, 0.717) is 24.9 Å². The number of esters is 1. The van der Waals surface area contributed by atoms with Crippen LogP contribution in [0.15, 0.2) is 0 Å². The Labute approximate surface area is 88.0 Å². The van der Waals surface area contributed by atoms with Gasteiger partial charge in [-0.1, -0.05) is 33.6 Å². The Morgan fingerprint density at radius 2 is 1.93 bits per heavy atom. The second kappa shape index (κ2) is 7.84. The number of rotatable bonds is 7. The average Bonchev–Trinajstić information content (AvgIpc) is 2.12. The summed E-state index contributed by atoms with van der Waals surface area (Å²) in [5.41, 5.74) is 0. The molecule has 14 heavy (non-hydrogen) atoms. The van der Waals surface area contributed by atoms with Crippen LogP contribution in [0.25, 0.3) is 0 Å². The van der Waals surface area contributed by atoms with E-state index in [0.717, 1.165) is 6.42 Å². The zero-order chi connectivity index (χ0) is 11.0. The Bertz CT molecular complexity index is 152. The zero-order valence-electron chi connectivity index (χ0n) is 10.0. The molecule has 0 aliphatic rings. The summed E-state index contributed by atoms with van der Waals surface area (Å²) >= 11 is 0. The zero-order valence-corrected chi connectivity index (χ0v) is 10.0. The molecule has 1 atom stereocenters. The van der Waals surface area contributed by atoms with Crippen molar-refractivity contribution in [2.45, 2.75) is 53.4 Å². The van der Waals surface area contributed by atoms with Gasteiger partial charge in [-0.15, -0.1) is 0 Å². The van der Waals surface area contributed by atoms with Crippen molar-refractivity contribution in [2.75, 3.05) is 6.61 Å². The highest BCUT2D eigenvalue weighted by Gasteiger charge is 2.17. The second-order valence-corrected chi connectivity index (χ2v) is 4.16. The summed E-state index contributed by atoms with van der Waals surface area (Å²) < 4.78 is 4.96. The molecule has 0 spiro atoms. The predicted octanol–water partition coefficient (Wildman–Crippen LogP) is 3.40. The van der Waals surface area contributed by atoms with Crippen molar-refractivity contribution in [3.05, 3.63) is 0 Å². The largest absolute Gasteiger partial charge is 0.466 e. The fraction of sp³-hybridized carbons (Fsp3) is 0.917. The number of hydrogen-bond acceptors (Lipinski definition) is 2. The first-order chi connectivity index (χ1) is 6.61. The highest BCUT2D eigenvalue weighted by molar-refractivity contribution is 5.69. The summed E-state index contributed by atoms with van der Waals surface area (Å²) in [5.74, 6) is 1.03. The van der Waals surface area contributed by atoms with E-state index in [-0.39, 0.29) is 5.97 Å². The van der Waals surface area contributed by atoms with Crippen LogP contribution in [0.5, 0.6) is 0 Å². The van der Waals surface area contributed by atoms with Gasteiger partial charge in [0, 0.05) is 6.42 Å². The maximum absolute atomic E-state index is 11.3. The lowest BCUT2D eigenvalue weighted by atomic mass is 9.88. The van der Waals surface area contributed by atoms with E-state index in [9.17, 15) is 4.79 Å². The van der Waals surface area contributed by atoms with Crippen molar-refractivity contribution in [2.24, 2.45) is 11.8 Å². The van der Waals surface area contributed by atoms with Gasteiger partial charge in [-0.05, 0) is 25.2 Å². The molecule has 84 valence electrons. The molecule has 2 heteroatoms. The fourth-order valence-electron chi connectivity index (χ4n) is 1.57. The third-order valence-electron chi connectivity index (χ3n) is 2.61. The van der Waals surface area contributed by atoms with Crippen LogP contribution in [0.3, 0.4) is 0 Å². The van der Waals surface area contributed by atoms with Crippen molar-refractivity contribution in [1.29, 1.82) is 0 Å². The van der Waals surface area contributed by atoms with Crippen LogP contribution in [0.1, 0.15) is 53.4 Å². The summed E-state index contributed by atoms with van der Waals surface area (Å²) in [6, 6.07) is 0. The first kappa shape index (κ1) is 13.5. The number of carbonyl (C=O) groups excluding carboxylic acids is 1. The topological polar surface area (TPSA) is 26.3 Å². The minimum atomic E-state index is -0.0395. The minimum absolute atomic E-state index is 0.0395. The molecule has 0 aliphatic carbocycles. The quantitative estimate of drug-likeness (QED) is 0.589. The Hall–Kier alpha value is -0.530. The summed E-state index contributed by atoms with van der Waals surface area (Å²) in [6.45, 7) is 8.90. The van der Waals surface area contributed by atoms with Crippen LogP contribution in [-0.2, 0) is 9.53 Å².